The topological polar surface area (TPSA) is 37.8 Å². The fourth-order valence-electron chi connectivity index (χ4n) is 2.59. The van der Waals surface area contributed by atoms with E-state index in [2.05, 4.69) is 33.9 Å². The van der Waals surface area contributed by atoms with Crippen molar-refractivity contribution < 1.29 is 0 Å². The Morgan fingerprint density at radius 3 is 3.26 bits per heavy atom. The Morgan fingerprint density at radius 1 is 1.42 bits per heavy atom. The largest absolute Gasteiger partial charge is 0.310 e. The van der Waals surface area contributed by atoms with Crippen LogP contribution in [0.1, 0.15) is 52.6 Å². The second-order valence-electron chi connectivity index (χ2n) is 4.95. The summed E-state index contributed by atoms with van der Waals surface area (Å²) in [5, 5.41) is 16.7. The van der Waals surface area contributed by atoms with Crippen LogP contribution in [-0.4, -0.2) is 16.7 Å². The number of hydrogen-bond acceptors (Lipinski definition) is 5. The van der Waals surface area contributed by atoms with Gasteiger partial charge in [-0.1, -0.05) is 18.3 Å². The molecule has 0 radical (unpaired) electrons. The van der Waals surface area contributed by atoms with Crippen LogP contribution < -0.4 is 5.32 Å². The van der Waals surface area contributed by atoms with Crippen molar-refractivity contribution in [3.63, 3.8) is 0 Å². The van der Waals surface area contributed by atoms with Crippen LogP contribution in [-0.2, 0) is 13.0 Å². The normalized spacial score (nSPS) is 18.5. The first-order chi connectivity index (χ1) is 9.38. The number of aromatic nitrogens is 2. The molecule has 102 valence electrons. The van der Waals surface area contributed by atoms with E-state index in [1.54, 1.807) is 16.2 Å². The number of nitrogens with one attached hydrogen (secondary N) is 1. The number of hydrogen-bond donors (Lipinski definition) is 1. The molecule has 0 saturated heterocycles. The number of rotatable bonds is 5. The summed E-state index contributed by atoms with van der Waals surface area (Å²) in [5.74, 6) is 0.493. The van der Waals surface area contributed by atoms with E-state index in [1.165, 1.54) is 29.8 Å². The van der Waals surface area contributed by atoms with Crippen molar-refractivity contribution in [3.8, 4) is 0 Å². The highest BCUT2D eigenvalue weighted by molar-refractivity contribution is 7.11. The highest BCUT2D eigenvalue weighted by atomic mass is 32.1. The van der Waals surface area contributed by atoms with Gasteiger partial charge in [-0.05, 0) is 49.2 Å². The predicted octanol–water partition coefficient (Wildman–Crippen LogP) is 3.57. The number of aryl methyl sites for hydroxylation is 1. The molecule has 3 rings (SSSR count). The van der Waals surface area contributed by atoms with E-state index >= 15 is 0 Å². The Bertz CT molecular complexity index is 532. The third-order valence-corrected chi connectivity index (χ3v) is 5.57. The van der Waals surface area contributed by atoms with Crippen LogP contribution in [0.25, 0.3) is 0 Å². The van der Waals surface area contributed by atoms with Crippen molar-refractivity contribution in [2.45, 2.75) is 45.1 Å². The minimum Gasteiger partial charge on any atom is -0.310 e. The molecule has 2 aromatic heterocycles. The van der Waals surface area contributed by atoms with Crippen molar-refractivity contribution >= 4 is 22.7 Å². The van der Waals surface area contributed by atoms with E-state index in [1.807, 2.05) is 11.3 Å². The van der Waals surface area contributed by atoms with E-state index in [0.29, 0.717) is 5.92 Å². The van der Waals surface area contributed by atoms with E-state index in [-0.39, 0.29) is 0 Å². The SMILES string of the molecule is CCCNCc1nnc(C2CCCc3sccc32)s1. The lowest BCUT2D eigenvalue weighted by Gasteiger charge is -2.19. The quantitative estimate of drug-likeness (QED) is 0.856. The molecule has 19 heavy (non-hydrogen) atoms. The predicted molar refractivity (Wildman–Crippen MR) is 81.0 cm³/mol. The summed E-state index contributed by atoms with van der Waals surface area (Å²) in [6, 6.07) is 2.28. The molecule has 1 aliphatic rings. The van der Waals surface area contributed by atoms with Crippen LogP contribution in [0.3, 0.4) is 0 Å². The lowest BCUT2D eigenvalue weighted by molar-refractivity contribution is 0.616. The molecule has 0 saturated carbocycles. The molecule has 1 aliphatic carbocycles. The van der Waals surface area contributed by atoms with Gasteiger partial charge in [-0.2, -0.15) is 0 Å². The summed E-state index contributed by atoms with van der Waals surface area (Å²) < 4.78 is 0. The van der Waals surface area contributed by atoms with Crippen LogP contribution in [0.5, 0.6) is 0 Å². The van der Waals surface area contributed by atoms with Crippen molar-refractivity contribution in [3.05, 3.63) is 31.9 Å². The summed E-state index contributed by atoms with van der Waals surface area (Å²) in [5.41, 5.74) is 1.50. The van der Waals surface area contributed by atoms with Crippen LogP contribution in [0.4, 0.5) is 0 Å². The maximum Gasteiger partial charge on any atom is 0.131 e. The standard InChI is InChI=1S/C14H19N3S2/c1-2-7-15-9-13-16-17-14(19-13)11-4-3-5-12-10(11)6-8-18-12/h6,8,11,15H,2-5,7,9H2,1H3. The molecule has 5 heteroatoms. The molecule has 0 amide bonds. The molecule has 0 aliphatic heterocycles. The Hall–Kier alpha value is -0.780. The van der Waals surface area contributed by atoms with Crippen LogP contribution >= 0.6 is 22.7 Å². The molecule has 2 heterocycles. The van der Waals surface area contributed by atoms with Crippen molar-refractivity contribution in [1.82, 2.24) is 15.5 Å². The first-order valence-electron chi connectivity index (χ1n) is 6.97. The summed E-state index contributed by atoms with van der Waals surface area (Å²) in [4.78, 5) is 1.55. The lowest BCUT2D eigenvalue weighted by Crippen LogP contribution is -2.13. The van der Waals surface area contributed by atoms with E-state index in [9.17, 15) is 0 Å². The Balaban J connectivity index is 1.73. The summed E-state index contributed by atoms with van der Waals surface area (Å²) >= 11 is 3.67. The number of fused-ring (bicyclic) bond motifs is 1. The average molecular weight is 293 g/mol. The fourth-order valence-corrected chi connectivity index (χ4v) is 4.55. The molecule has 0 spiro atoms. The Kier molecular flexibility index (Phi) is 4.25. The van der Waals surface area contributed by atoms with Gasteiger partial charge in [0.05, 0.1) is 0 Å². The third kappa shape index (κ3) is 2.88. The number of thiophene rings is 1. The van der Waals surface area contributed by atoms with Gasteiger partial charge in [-0.15, -0.1) is 21.5 Å². The van der Waals surface area contributed by atoms with Crippen LogP contribution in [0, 0.1) is 0 Å². The van der Waals surface area contributed by atoms with Crippen LogP contribution in [0.15, 0.2) is 11.4 Å². The first kappa shape index (κ1) is 13.2. The van der Waals surface area contributed by atoms with E-state index in [4.69, 9.17) is 0 Å². The van der Waals surface area contributed by atoms with Gasteiger partial charge in [0.25, 0.3) is 0 Å². The fraction of sp³-hybridized carbons (Fsp3) is 0.571. The third-order valence-electron chi connectivity index (χ3n) is 3.54. The van der Waals surface area contributed by atoms with Gasteiger partial charge in [0.2, 0.25) is 0 Å². The van der Waals surface area contributed by atoms with E-state index in [0.717, 1.165) is 24.5 Å². The van der Waals surface area contributed by atoms with Gasteiger partial charge in [-0.25, -0.2) is 0 Å². The van der Waals surface area contributed by atoms with Crippen molar-refractivity contribution in [2.75, 3.05) is 6.54 Å². The molecule has 0 aromatic carbocycles. The molecule has 0 fully saturated rings. The second-order valence-corrected chi connectivity index (χ2v) is 7.05. The minimum atomic E-state index is 0.493. The maximum absolute atomic E-state index is 4.43. The zero-order valence-corrected chi connectivity index (χ0v) is 12.8. The monoisotopic (exact) mass is 293 g/mol. The number of nitrogens with zero attached hydrogens (tertiary/aromatic N) is 2. The molecule has 0 bridgehead atoms. The summed E-state index contributed by atoms with van der Waals surface area (Å²) in [7, 11) is 0. The smallest absolute Gasteiger partial charge is 0.131 e. The van der Waals surface area contributed by atoms with Gasteiger partial charge in [0.15, 0.2) is 0 Å². The van der Waals surface area contributed by atoms with Gasteiger partial charge in [0, 0.05) is 17.3 Å². The van der Waals surface area contributed by atoms with Crippen LogP contribution in [0.2, 0.25) is 0 Å². The molecule has 3 nitrogen and oxygen atoms in total. The Morgan fingerprint density at radius 2 is 2.37 bits per heavy atom. The molecule has 1 N–H and O–H groups in total. The Labute approximate surface area is 122 Å². The average Bonchev–Trinajstić information content (AvgIpc) is 3.07. The highest BCUT2D eigenvalue weighted by Crippen LogP contribution is 2.39. The zero-order chi connectivity index (χ0) is 13.1. The molecular weight excluding hydrogens is 274 g/mol. The highest BCUT2D eigenvalue weighted by Gasteiger charge is 2.25. The maximum atomic E-state index is 4.43. The first-order valence-corrected chi connectivity index (χ1v) is 8.67. The van der Waals surface area contributed by atoms with Gasteiger partial charge in [-0.3, -0.25) is 0 Å². The summed E-state index contributed by atoms with van der Waals surface area (Å²) in [6.07, 6.45) is 4.90. The van der Waals surface area contributed by atoms with Gasteiger partial charge >= 0.3 is 0 Å². The second kappa shape index (κ2) is 6.11. The zero-order valence-electron chi connectivity index (χ0n) is 11.2. The van der Waals surface area contributed by atoms with Crippen molar-refractivity contribution in [2.24, 2.45) is 0 Å². The lowest BCUT2D eigenvalue weighted by atomic mass is 9.88. The van der Waals surface area contributed by atoms with Gasteiger partial charge in [0.1, 0.15) is 10.0 Å². The molecular formula is C14H19N3S2. The molecule has 1 unspecified atom stereocenters. The van der Waals surface area contributed by atoms with E-state index < -0.39 is 0 Å². The summed E-state index contributed by atoms with van der Waals surface area (Å²) in [6.45, 7) is 4.08. The molecule has 1 atom stereocenters. The minimum absolute atomic E-state index is 0.493. The molecule has 2 aromatic rings. The van der Waals surface area contributed by atoms with Gasteiger partial charge < -0.3 is 5.32 Å². The van der Waals surface area contributed by atoms with Crippen molar-refractivity contribution in [1.29, 1.82) is 0 Å².